The summed E-state index contributed by atoms with van der Waals surface area (Å²) in [5, 5.41) is 0. The molecule has 0 aromatic carbocycles. The second-order valence-corrected chi connectivity index (χ2v) is 6.79. The van der Waals surface area contributed by atoms with Crippen LogP contribution in [0.4, 0.5) is 14.5 Å². The zero-order valence-corrected chi connectivity index (χ0v) is 10.2. The molecule has 9 heteroatoms. The fourth-order valence-electron chi connectivity index (χ4n) is 1.39. The van der Waals surface area contributed by atoms with Gasteiger partial charge in [0.1, 0.15) is 0 Å². The van der Waals surface area contributed by atoms with Gasteiger partial charge in [-0.1, -0.05) is 11.6 Å². The summed E-state index contributed by atoms with van der Waals surface area (Å²) in [5.41, 5.74) is 0.244. The number of alkyl halides is 2. The zero-order chi connectivity index (χ0) is 11.9. The van der Waals surface area contributed by atoms with Crippen LogP contribution in [0.3, 0.4) is 0 Å². The first-order valence-electron chi connectivity index (χ1n) is 4.22. The number of fused-ring (bicyclic) bond motifs is 1. The van der Waals surface area contributed by atoms with Crippen LogP contribution in [-0.4, -0.2) is 28.1 Å². The van der Waals surface area contributed by atoms with Crippen molar-refractivity contribution >= 4 is 38.6 Å². The third-order valence-corrected chi connectivity index (χ3v) is 5.20. The van der Waals surface area contributed by atoms with Crippen molar-refractivity contribution < 1.29 is 17.2 Å². The van der Waals surface area contributed by atoms with Gasteiger partial charge in [0, 0.05) is 0 Å². The number of nitrogens with one attached hydrogen (secondary N) is 1. The van der Waals surface area contributed by atoms with Gasteiger partial charge in [0.25, 0.3) is 16.4 Å². The lowest BCUT2D eigenvalue weighted by Gasteiger charge is -2.28. The summed E-state index contributed by atoms with van der Waals surface area (Å²) in [7, 11) is -3.59. The molecule has 1 aliphatic heterocycles. The predicted octanol–water partition coefficient (Wildman–Crippen LogP) is 1.72. The van der Waals surface area contributed by atoms with E-state index >= 15 is 0 Å². The smallest absolute Gasteiger partial charge is 0.255 e. The molecule has 0 saturated carbocycles. The van der Waals surface area contributed by atoms with Crippen molar-refractivity contribution in [3.63, 3.8) is 0 Å². The summed E-state index contributed by atoms with van der Waals surface area (Å²) in [5.74, 6) is 0. The fourth-order valence-corrected chi connectivity index (χ4v) is 4.31. The Morgan fingerprint density at radius 3 is 2.94 bits per heavy atom. The minimum absolute atomic E-state index is 0.00981. The molecule has 4 nitrogen and oxygen atoms in total. The lowest BCUT2D eigenvalue weighted by molar-refractivity contribution is 0.154. The molecular weight excluding hydrogens is 282 g/mol. The average molecular weight is 289 g/mol. The summed E-state index contributed by atoms with van der Waals surface area (Å²) in [6.45, 7) is -0.685. The van der Waals surface area contributed by atoms with Gasteiger partial charge >= 0.3 is 0 Å². The number of nitrogens with zero attached hydrogens (tertiary/aromatic N) is 1. The van der Waals surface area contributed by atoms with E-state index in [-0.39, 0.29) is 20.9 Å². The number of anilines is 1. The first-order valence-corrected chi connectivity index (χ1v) is 6.90. The van der Waals surface area contributed by atoms with Crippen LogP contribution in [0.2, 0.25) is 4.34 Å². The topological polar surface area (TPSA) is 49.4 Å². The van der Waals surface area contributed by atoms with Gasteiger partial charge in [-0.2, -0.15) is 4.72 Å². The van der Waals surface area contributed by atoms with Gasteiger partial charge in [-0.25, -0.2) is 17.2 Å². The molecule has 0 aliphatic carbocycles. The van der Waals surface area contributed by atoms with E-state index in [2.05, 4.69) is 4.72 Å². The van der Waals surface area contributed by atoms with Gasteiger partial charge in [-0.3, -0.25) is 0 Å². The minimum atomic E-state index is -3.59. The Morgan fingerprint density at radius 1 is 1.62 bits per heavy atom. The maximum absolute atomic E-state index is 12.3. The maximum Gasteiger partial charge on any atom is 0.255 e. The van der Waals surface area contributed by atoms with Gasteiger partial charge < -0.3 is 4.90 Å². The molecule has 1 N–H and O–H groups in total. The van der Waals surface area contributed by atoms with Crippen LogP contribution in [0, 0.1) is 0 Å². The third kappa shape index (κ3) is 2.15. The normalized spacial score (nSPS) is 18.9. The molecule has 90 valence electrons. The van der Waals surface area contributed by atoms with E-state index in [1.807, 2.05) is 0 Å². The first-order chi connectivity index (χ1) is 7.40. The van der Waals surface area contributed by atoms with Gasteiger partial charge in [0.2, 0.25) is 0 Å². The Bertz CT molecular complexity index is 502. The van der Waals surface area contributed by atoms with Crippen LogP contribution in [0.1, 0.15) is 0 Å². The Morgan fingerprint density at radius 2 is 2.31 bits per heavy atom. The highest BCUT2D eigenvalue weighted by molar-refractivity contribution is 7.92. The number of halogens is 3. The second kappa shape index (κ2) is 4.10. The minimum Gasteiger partial charge on any atom is -0.350 e. The lowest BCUT2D eigenvalue weighted by atomic mass is 10.4. The molecule has 1 aromatic rings. The molecule has 0 fully saturated rings. The van der Waals surface area contributed by atoms with Gasteiger partial charge in [-0.15, -0.1) is 11.3 Å². The molecule has 0 amide bonds. The van der Waals surface area contributed by atoms with Gasteiger partial charge in [-0.05, 0) is 6.07 Å². The Hall–Kier alpha value is -0.440. The quantitative estimate of drug-likeness (QED) is 0.901. The molecule has 0 unspecified atom stereocenters. The van der Waals surface area contributed by atoms with E-state index < -0.39 is 23.0 Å². The van der Waals surface area contributed by atoms with E-state index in [0.717, 1.165) is 11.3 Å². The molecule has 0 spiro atoms. The molecule has 2 heterocycles. The standard InChI is InChI=1S/C7H7ClF2N2O2S2/c8-5-1-4-7(15-5)16(13,14)11-3-12(4)2-6(9)10/h1,6,11H,2-3H2. The lowest BCUT2D eigenvalue weighted by Crippen LogP contribution is -2.44. The number of sulfonamides is 1. The number of rotatable bonds is 2. The van der Waals surface area contributed by atoms with Crippen molar-refractivity contribution in [2.75, 3.05) is 18.1 Å². The molecule has 0 saturated heterocycles. The van der Waals surface area contributed by atoms with E-state index in [9.17, 15) is 17.2 Å². The summed E-state index contributed by atoms with van der Waals surface area (Å²) in [6, 6.07) is 1.39. The van der Waals surface area contributed by atoms with E-state index in [0.29, 0.717) is 0 Å². The van der Waals surface area contributed by atoms with Crippen molar-refractivity contribution in [3.05, 3.63) is 10.4 Å². The second-order valence-electron chi connectivity index (χ2n) is 3.14. The Balaban J connectivity index is 2.43. The van der Waals surface area contributed by atoms with E-state index in [1.54, 1.807) is 0 Å². The highest BCUT2D eigenvalue weighted by Crippen LogP contribution is 2.39. The van der Waals surface area contributed by atoms with Crippen LogP contribution in [-0.2, 0) is 10.0 Å². The molecule has 2 rings (SSSR count). The van der Waals surface area contributed by atoms with Gasteiger partial charge in [0.15, 0.2) is 4.21 Å². The van der Waals surface area contributed by atoms with Crippen LogP contribution in [0.15, 0.2) is 10.3 Å². The molecule has 0 bridgehead atoms. The molecule has 0 radical (unpaired) electrons. The highest BCUT2D eigenvalue weighted by Gasteiger charge is 2.31. The summed E-state index contributed by atoms with van der Waals surface area (Å²) >= 11 is 6.55. The SMILES string of the molecule is O=S1(=O)NCN(CC(F)F)c2cc(Cl)sc21. The number of hydrogen-bond donors (Lipinski definition) is 1. The van der Waals surface area contributed by atoms with Crippen molar-refractivity contribution in [2.45, 2.75) is 10.6 Å². The van der Waals surface area contributed by atoms with Crippen LogP contribution >= 0.6 is 22.9 Å². The predicted molar refractivity (Wildman–Crippen MR) is 57.9 cm³/mol. The molecular formula is C7H7ClF2N2O2S2. The van der Waals surface area contributed by atoms with Crippen LogP contribution < -0.4 is 9.62 Å². The summed E-state index contributed by atoms with van der Waals surface area (Å²) < 4.78 is 50.1. The fraction of sp³-hybridized carbons (Fsp3) is 0.429. The van der Waals surface area contributed by atoms with Crippen molar-refractivity contribution in [2.24, 2.45) is 0 Å². The molecule has 16 heavy (non-hydrogen) atoms. The maximum atomic E-state index is 12.3. The summed E-state index contributed by atoms with van der Waals surface area (Å²) in [4.78, 5) is 1.25. The van der Waals surface area contributed by atoms with Crippen LogP contribution in [0.5, 0.6) is 0 Å². The molecule has 0 atom stereocenters. The molecule has 1 aromatic heterocycles. The largest absolute Gasteiger partial charge is 0.350 e. The van der Waals surface area contributed by atoms with Crippen molar-refractivity contribution in [1.82, 2.24) is 4.72 Å². The average Bonchev–Trinajstić information content (AvgIpc) is 2.53. The van der Waals surface area contributed by atoms with Crippen molar-refractivity contribution in [1.29, 1.82) is 0 Å². The Kier molecular flexibility index (Phi) is 3.08. The van der Waals surface area contributed by atoms with Crippen LogP contribution in [0.25, 0.3) is 0 Å². The third-order valence-electron chi connectivity index (χ3n) is 2.04. The molecule has 1 aliphatic rings. The summed E-state index contributed by atoms with van der Waals surface area (Å²) in [6.07, 6.45) is -2.53. The van der Waals surface area contributed by atoms with E-state index in [4.69, 9.17) is 11.6 Å². The number of thiophene rings is 1. The van der Waals surface area contributed by atoms with E-state index in [1.165, 1.54) is 11.0 Å². The highest BCUT2D eigenvalue weighted by atomic mass is 35.5. The zero-order valence-electron chi connectivity index (χ0n) is 7.78. The van der Waals surface area contributed by atoms with Gasteiger partial charge in [0.05, 0.1) is 23.2 Å². The van der Waals surface area contributed by atoms with Crippen molar-refractivity contribution in [3.8, 4) is 0 Å². The number of hydrogen-bond acceptors (Lipinski definition) is 4. The first kappa shape index (κ1) is 12.0. The Labute approximate surface area is 99.9 Å². The monoisotopic (exact) mass is 288 g/mol.